The SMILES string of the molecule is CCc1ccc(C2(c3ccc(CC(=O)c4cc(C(C)=O)c(C(=O)O)cc4C(=O)O)cc3)c3ccccc3-c3ccccc32)cc1.Nc1ccc(C2(c3ccc(N)cc3)c3ccccc3-c3ccccc32)cc1.O=c1oc(=O)c2cc3c(=O)oc(=O)c3cc12. The average molecular weight is 1160 g/mol. The zero-order chi connectivity index (χ0) is 61.8. The van der Waals surface area contributed by atoms with E-state index in [1.807, 2.05) is 60.7 Å². The molecule has 0 atom stereocenters. The summed E-state index contributed by atoms with van der Waals surface area (Å²) in [6, 6.07) is 71.5. The van der Waals surface area contributed by atoms with Crippen LogP contribution < -0.4 is 34.0 Å². The maximum atomic E-state index is 13.5. The number of ketones is 2. The van der Waals surface area contributed by atoms with Crippen LogP contribution in [0.1, 0.15) is 111 Å². The lowest BCUT2D eigenvalue weighted by Gasteiger charge is -2.34. The molecule has 14 nitrogen and oxygen atoms in total. The first kappa shape index (κ1) is 56.8. The summed E-state index contributed by atoms with van der Waals surface area (Å²) < 4.78 is 8.68. The van der Waals surface area contributed by atoms with Crippen molar-refractivity contribution in [3.05, 3.63) is 338 Å². The number of hydrogen-bond acceptors (Lipinski definition) is 12. The molecule has 10 aromatic carbocycles. The second kappa shape index (κ2) is 22.4. The highest BCUT2D eigenvalue weighted by Gasteiger charge is 2.47. The van der Waals surface area contributed by atoms with Crippen LogP contribution in [0.4, 0.5) is 11.4 Å². The Balaban J connectivity index is 0.000000146. The summed E-state index contributed by atoms with van der Waals surface area (Å²) in [5.74, 6) is -3.98. The van der Waals surface area contributed by atoms with Crippen LogP contribution in [0.2, 0.25) is 0 Å². The number of carboxylic acids is 2. The summed E-state index contributed by atoms with van der Waals surface area (Å²) in [6.07, 6.45) is 0.801. The minimum Gasteiger partial charge on any atom is -0.478 e. The quantitative estimate of drug-likeness (QED) is 0.0694. The van der Waals surface area contributed by atoms with Crippen LogP contribution in [0.25, 0.3) is 43.8 Å². The van der Waals surface area contributed by atoms with E-state index in [1.54, 1.807) is 0 Å². The lowest BCUT2D eigenvalue weighted by molar-refractivity contribution is 0.0689. The molecule has 0 aliphatic heterocycles. The van der Waals surface area contributed by atoms with Crippen molar-refractivity contribution in [1.29, 1.82) is 0 Å². The fourth-order valence-corrected chi connectivity index (χ4v) is 12.8. The number of anilines is 2. The number of Topliss-reactive ketones (excluding diaryl/α,β-unsaturated/α-hetero) is 2. The molecule has 0 spiro atoms. The van der Waals surface area contributed by atoms with Crippen molar-refractivity contribution in [3.63, 3.8) is 0 Å². The highest BCUT2D eigenvalue weighted by atomic mass is 16.4. The van der Waals surface area contributed by atoms with Crippen molar-refractivity contribution in [2.45, 2.75) is 37.5 Å². The third-order valence-electron chi connectivity index (χ3n) is 16.8. The first-order valence-corrected chi connectivity index (χ1v) is 28.1. The Labute approximate surface area is 501 Å². The van der Waals surface area contributed by atoms with Crippen molar-refractivity contribution in [2.24, 2.45) is 0 Å². The maximum absolute atomic E-state index is 13.5. The Hall–Kier alpha value is -11.6. The van der Waals surface area contributed by atoms with Gasteiger partial charge in [-0.2, -0.15) is 0 Å². The molecule has 0 radical (unpaired) electrons. The number of rotatable bonds is 11. The number of nitrogen functional groups attached to an aromatic ring is 2. The number of fused-ring (bicyclic) bond motifs is 8. The number of hydrogen-bond donors (Lipinski definition) is 4. The monoisotopic (exact) mass is 1160 g/mol. The largest absolute Gasteiger partial charge is 0.478 e. The first-order chi connectivity index (χ1) is 42.4. The highest BCUT2D eigenvalue weighted by Crippen LogP contribution is 2.57. The van der Waals surface area contributed by atoms with Gasteiger partial charge >= 0.3 is 34.4 Å². The van der Waals surface area contributed by atoms with Crippen molar-refractivity contribution in [2.75, 3.05) is 11.5 Å². The normalized spacial score (nSPS) is 12.8. The van der Waals surface area contributed by atoms with Gasteiger partial charge in [0.25, 0.3) is 0 Å². The highest BCUT2D eigenvalue weighted by molar-refractivity contribution is 6.12. The van der Waals surface area contributed by atoms with Gasteiger partial charge in [-0.25, -0.2) is 28.8 Å². The first-order valence-electron chi connectivity index (χ1n) is 28.1. The van der Waals surface area contributed by atoms with E-state index in [2.05, 4.69) is 149 Å². The summed E-state index contributed by atoms with van der Waals surface area (Å²) in [4.78, 5) is 94.1. The van der Waals surface area contributed by atoms with Crippen molar-refractivity contribution in [1.82, 2.24) is 0 Å². The Morgan fingerprint density at radius 2 is 0.682 bits per heavy atom. The summed E-state index contributed by atoms with van der Waals surface area (Å²) in [7, 11) is 0. The van der Waals surface area contributed by atoms with Gasteiger partial charge in [0.2, 0.25) is 0 Å². The molecule has 2 aliphatic rings. The van der Waals surface area contributed by atoms with Gasteiger partial charge in [0.15, 0.2) is 11.6 Å². The molecule has 14 heteroatoms. The van der Waals surface area contributed by atoms with Gasteiger partial charge in [0, 0.05) is 28.9 Å². The molecule has 0 bridgehead atoms. The number of carboxylic acid groups (broad SMARTS) is 2. The van der Waals surface area contributed by atoms with Crippen LogP contribution in [0.3, 0.4) is 0 Å². The van der Waals surface area contributed by atoms with Gasteiger partial charge in [-0.05, 0) is 140 Å². The van der Waals surface area contributed by atoms with Crippen LogP contribution in [-0.2, 0) is 23.7 Å². The summed E-state index contributed by atoms with van der Waals surface area (Å²) >= 11 is 0. The zero-order valence-electron chi connectivity index (χ0n) is 47.3. The number of benzene rings is 10. The second-order valence-corrected chi connectivity index (χ2v) is 21.7. The summed E-state index contributed by atoms with van der Waals surface area (Å²) in [5, 5.41) is 19.2. The molecule has 14 rings (SSSR count). The molecule has 12 aromatic rings. The lowest BCUT2D eigenvalue weighted by Crippen LogP contribution is -2.28. The maximum Gasteiger partial charge on any atom is 0.346 e. The van der Waals surface area contributed by atoms with Gasteiger partial charge in [0.05, 0.1) is 43.5 Å². The third kappa shape index (κ3) is 9.40. The molecular formula is C74H52N2O12. The van der Waals surface area contributed by atoms with Crippen LogP contribution in [0.15, 0.2) is 246 Å². The van der Waals surface area contributed by atoms with E-state index in [4.69, 9.17) is 11.5 Å². The van der Waals surface area contributed by atoms with E-state index in [0.29, 0.717) is 5.56 Å². The Morgan fingerprint density at radius 3 is 1.00 bits per heavy atom. The molecule has 88 heavy (non-hydrogen) atoms. The van der Waals surface area contributed by atoms with Crippen LogP contribution in [0.5, 0.6) is 0 Å². The predicted octanol–water partition coefficient (Wildman–Crippen LogP) is 12.3. The molecule has 2 aromatic heterocycles. The van der Waals surface area contributed by atoms with E-state index in [9.17, 15) is 48.6 Å². The molecular weight excluding hydrogens is 1110 g/mol. The standard InChI is InChI=1S/C39H30O6.C25H20N2.C10H2O6/c1-3-24-12-16-26(17-13-24)39(34-10-6-4-8-28(34)29-9-5-7-11-35(29)39)27-18-14-25(15-19-27)20-36(41)31-21-30(23(2)40)32(37(42)43)22-33(31)38(44)45;26-19-13-9-17(10-14-19)25(18-11-15-20(27)16-12-18)23-7-3-1-5-21(23)22-6-2-4-8-24(22)25;11-7-3-1-4-6(10(14)16-8(4)12)2-5(3)9(13)15-7/h4-19,21-22H,3,20H2,1-2H3,(H,42,43)(H,44,45);1-16H,26-27H2;1-2H. The lowest BCUT2D eigenvalue weighted by atomic mass is 9.67. The molecule has 2 heterocycles. The van der Waals surface area contributed by atoms with Gasteiger partial charge in [-0.15, -0.1) is 0 Å². The van der Waals surface area contributed by atoms with E-state index < -0.39 is 62.5 Å². The van der Waals surface area contributed by atoms with E-state index >= 15 is 0 Å². The van der Waals surface area contributed by atoms with Crippen molar-refractivity contribution in [3.8, 4) is 22.3 Å². The number of nitrogens with two attached hydrogens (primary N) is 2. The summed E-state index contributed by atoms with van der Waals surface area (Å²) in [6.45, 7) is 3.31. The second-order valence-electron chi connectivity index (χ2n) is 21.7. The van der Waals surface area contributed by atoms with Gasteiger partial charge in [-0.1, -0.05) is 177 Å². The molecule has 6 N–H and O–H groups in total. The predicted molar refractivity (Wildman–Crippen MR) is 338 cm³/mol. The number of carbonyl (C=O) groups excluding carboxylic acids is 2. The smallest absolute Gasteiger partial charge is 0.346 e. The number of aromatic carboxylic acids is 2. The van der Waals surface area contributed by atoms with Crippen LogP contribution in [-0.4, -0.2) is 33.7 Å². The fraction of sp³-hybridized carbons (Fsp3) is 0.0811. The molecule has 0 amide bonds. The third-order valence-corrected chi connectivity index (χ3v) is 16.8. The molecule has 0 saturated heterocycles. The van der Waals surface area contributed by atoms with Crippen LogP contribution in [0, 0.1) is 0 Å². The average Bonchev–Trinajstić information content (AvgIpc) is 1.57. The molecule has 0 unspecified atom stereocenters. The van der Waals surface area contributed by atoms with E-state index in [0.717, 1.165) is 53.2 Å². The minimum absolute atomic E-state index is 0.0181. The Bertz CT molecular complexity index is 4740. The minimum atomic E-state index is -1.44. The molecule has 2 aliphatic carbocycles. The van der Waals surface area contributed by atoms with Crippen molar-refractivity contribution < 1.29 is 38.2 Å². The van der Waals surface area contributed by atoms with Gasteiger partial charge in [-0.3, -0.25) is 9.59 Å². The molecule has 0 fully saturated rings. The molecule has 430 valence electrons. The Morgan fingerprint density at radius 1 is 0.386 bits per heavy atom. The van der Waals surface area contributed by atoms with Gasteiger partial charge < -0.3 is 30.5 Å². The topological polar surface area (TPSA) is 255 Å². The van der Waals surface area contributed by atoms with Crippen molar-refractivity contribution >= 4 is 56.4 Å². The number of carbonyl (C=O) groups is 4. The Kier molecular flexibility index (Phi) is 14.5. The van der Waals surface area contributed by atoms with Gasteiger partial charge in [0.1, 0.15) is 0 Å². The summed E-state index contributed by atoms with van der Waals surface area (Å²) in [5.41, 5.74) is 24.2. The van der Waals surface area contributed by atoms with E-state index in [-0.39, 0.29) is 44.5 Å². The number of aryl methyl sites for hydroxylation is 1. The van der Waals surface area contributed by atoms with Crippen LogP contribution >= 0.6 is 0 Å². The molecule has 0 saturated carbocycles. The zero-order valence-corrected chi connectivity index (χ0v) is 47.3. The van der Waals surface area contributed by atoms with E-state index in [1.165, 1.54) is 68.1 Å². The fourth-order valence-electron chi connectivity index (χ4n) is 12.8. The number of furan rings is 2.